The van der Waals surface area contributed by atoms with Crippen LogP contribution in [0.25, 0.3) is 0 Å². The van der Waals surface area contributed by atoms with E-state index in [9.17, 15) is 0 Å². The fourth-order valence-corrected chi connectivity index (χ4v) is 2.93. The lowest BCUT2D eigenvalue weighted by molar-refractivity contribution is 0.817. The van der Waals surface area contributed by atoms with Crippen LogP contribution in [-0.2, 0) is 0 Å². The van der Waals surface area contributed by atoms with Gasteiger partial charge in [0.15, 0.2) is 0 Å². The second kappa shape index (κ2) is 5.98. The average Bonchev–Trinajstić information content (AvgIpc) is 2.34. The summed E-state index contributed by atoms with van der Waals surface area (Å²) >= 11 is 13.9. The maximum atomic E-state index is 6.26. The zero-order chi connectivity index (χ0) is 13.1. The molecule has 0 fully saturated rings. The summed E-state index contributed by atoms with van der Waals surface area (Å²) in [6, 6.07) is 13.6. The van der Waals surface area contributed by atoms with Crippen molar-refractivity contribution in [2.75, 3.05) is 0 Å². The lowest BCUT2D eigenvalue weighted by atomic mass is 10.1. The maximum Gasteiger partial charge on any atom is 0.0548 e. The molecule has 1 unspecified atom stereocenters. The molecule has 2 aromatic rings. The van der Waals surface area contributed by atoms with Crippen molar-refractivity contribution in [2.24, 2.45) is 5.73 Å². The van der Waals surface area contributed by atoms with Crippen molar-refractivity contribution in [1.82, 2.24) is 0 Å². The summed E-state index contributed by atoms with van der Waals surface area (Å²) < 4.78 is 0. The molecule has 2 rings (SSSR count). The summed E-state index contributed by atoms with van der Waals surface area (Å²) in [5.74, 6) is 0. The van der Waals surface area contributed by atoms with Crippen LogP contribution in [0.5, 0.6) is 0 Å². The third-order valence-electron chi connectivity index (χ3n) is 2.54. The Morgan fingerprint density at radius 2 is 1.67 bits per heavy atom. The lowest BCUT2D eigenvalue weighted by Gasteiger charge is -2.10. The van der Waals surface area contributed by atoms with Crippen LogP contribution >= 0.6 is 35.0 Å². The van der Waals surface area contributed by atoms with Gasteiger partial charge in [-0.1, -0.05) is 53.2 Å². The number of benzene rings is 2. The zero-order valence-corrected chi connectivity index (χ0v) is 12.2. The van der Waals surface area contributed by atoms with Gasteiger partial charge >= 0.3 is 0 Å². The van der Waals surface area contributed by atoms with Gasteiger partial charge in [0.2, 0.25) is 0 Å². The Bertz CT molecular complexity index is 555. The lowest BCUT2D eigenvalue weighted by Crippen LogP contribution is -2.04. The Hall–Kier alpha value is -0.670. The third kappa shape index (κ3) is 3.21. The Labute approximate surface area is 121 Å². The summed E-state index contributed by atoms with van der Waals surface area (Å²) in [5, 5.41) is 1.43. The van der Waals surface area contributed by atoms with Gasteiger partial charge in [-0.2, -0.15) is 0 Å². The van der Waals surface area contributed by atoms with E-state index in [1.165, 1.54) is 0 Å². The Morgan fingerprint density at radius 1 is 1.00 bits per heavy atom. The molecule has 0 aliphatic rings. The van der Waals surface area contributed by atoms with Gasteiger partial charge in [0.25, 0.3) is 0 Å². The van der Waals surface area contributed by atoms with E-state index in [-0.39, 0.29) is 6.04 Å². The van der Waals surface area contributed by atoms with E-state index in [0.29, 0.717) is 5.02 Å². The minimum absolute atomic E-state index is 0.0122. The molecule has 0 radical (unpaired) electrons. The van der Waals surface area contributed by atoms with Gasteiger partial charge in [-0.3, -0.25) is 0 Å². The fourth-order valence-electron chi connectivity index (χ4n) is 1.53. The predicted octanol–water partition coefficient (Wildman–Crippen LogP) is 5.16. The molecule has 0 heterocycles. The van der Waals surface area contributed by atoms with Crippen LogP contribution in [0, 0.1) is 0 Å². The van der Waals surface area contributed by atoms with Crippen LogP contribution in [0.15, 0.2) is 52.3 Å². The molecule has 0 saturated heterocycles. The van der Waals surface area contributed by atoms with Crippen molar-refractivity contribution >= 4 is 35.0 Å². The Kier molecular flexibility index (Phi) is 4.57. The topological polar surface area (TPSA) is 26.0 Å². The highest BCUT2D eigenvalue weighted by Crippen LogP contribution is 2.37. The van der Waals surface area contributed by atoms with Gasteiger partial charge in [-0.15, -0.1) is 0 Å². The van der Waals surface area contributed by atoms with Crippen LogP contribution in [0.2, 0.25) is 10.0 Å². The molecular weight excluding hydrogens is 285 g/mol. The van der Waals surface area contributed by atoms with Crippen LogP contribution < -0.4 is 5.73 Å². The van der Waals surface area contributed by atoms with Gasteiger partial charge in [0.1, 0.15) is 0 Å². The second-order valence-corrected chi connectivity index (χ2v) is 5.91. The highest BCUT2D eigenvalue weighted by molar-refractivity contribution is 7.99. The first kappa shape index (κ1) is 13.8. The van der Waals surface area contributed by atoms with Crippen LogP contribution in [-0.4, -0.2) is 0 Å². The first-order valence-corrected chi connectivity index (χ1v) is 7.12. The van der Waals surface area contributed by atoms with E-state index in [4.69, 9.17) is 28.9 Å². The van der Waals surface area contributed by atoms with Crippen LogP contribution in [0.1, 0.15) is 18.5 Å². The van der Waals surface area contributed by atoms with Crippen molar-refractivity contribution < 1.29 is 0 Å². The van der Waals surface area contributed by atoms with Gasteiger partial charge in [0, 0.05) is 15.8 Å². The molecule has 2 aromatic carbocycles. The molecule has 2 N–H and O–H groups in total. The molecule has 0 aliphatic heterocycles. The smallest absolute Gasteiger partial charge is 0.0548 e. The first-order valence-electron chi connectivity index (χ1n) is 5.55. The molecule has 0 spiro atoms. The zero-order valence-electron chi connectivity index (χ0n) is 9.86. The van der Waals surface area contributed by atoms with Crippen molar-refractivity contribution in [3.8, 4) is 0 Å². The molecular formula is C14H13Cl2NS. The monoisotopic (exact) mass is 297 g/mol. The fraction of sp³-hybridized carbons (Fsp3) is 0.143. The summed E-state index contributed by atoms with van der Waals surface area (Å²) in [6.45, 7) is 1.94. The van der Waals surface area contributed by atoms with E-state index in [1.807, 2.05) is 49.4 Å². The quantitative estimate of drug-likeness (QED) is 0.846. The largest absolute Gasteiger partial charge is 0.324 e. The average molecular weight is 298 g/mol. The minimum atomic E-state index is -0.0122. The van der Waals surface area contributed by atoms with Gasteiger partial charge in [-0.05, 0) is 36.8 Å². The van der Waals surface area contributed by atoms with E-state index >= 15 is 0 Å². The van der Waals surface area contributed by atoms with Crippen LogP contribution in [0.3, 0.4) is 0 Å². The number of nitrogens with two attached hydrogens (primary N) is 1. The van der Waals surface area contributed by atoms with Crippen molar-refractivity contribution in [1.29, 1.82) is 0 Å². The second-order valence-electron chi connectivity index (χ2n) is 4.01. The molecule has 1 nitrogen and oxygen atoms in total. The third-order valence-corrected chi connectivity index (χ3v) is 4.56. The minimum Gasteiger partial charge on any atom is -0.324 e. The van der Waals surface area contributed by atoms with Gasteiger partial charge in [0.05, 0.1) is 10.0 Å². The number of halogens is 2. The first-order chi connectivity index (χ1) is 8.58. The predicted molar refractivity (Wildman–Crippen MR) is 79.6 cm³/mol. The van der Waals surface area contributed by atoms with Crippen molar-refractivity contribution in [3.05, 3.63) is 58.1 Å². The summed E-state index contributed by atoms with van der Waals surface area (Å²) in [7, 11) is 0. The number of hydrogen-bond acceptors (Lipinski definition) is 2. The van der Waals surface area contributed by atoms with E-state index < -0.39 is 0 Å². The number of rotatable bonds is 3. The summed E-state index contributed by atoms with van der Waals surface area (Å²) in [5.41, 5.74) is 6.85. The molecule has 18 heavy (non-hydrogen) atoms. The van der Waals surface area contributed by atoms with Crippen molar-refractivity contribution in [2.45, 2.75) is 22.8 Å². The molecule has 4 heteroatoms. The molecule has 0 aliphatic carbocycles. The van der Waals surface area contributed by atoms with E-state index in [2.05, 4.69) is 0 Å². The SMILES string of the molecule is CC(N)c1ccc(Sc2ccccc2Cl)c(Cl)c1. The highest BCUT2D eigenvalue weighted by Gasteiger charge is 2.08. The normalized spacial score (nSPS) is 12.4. The molecule has 94 valence electrons. The molecule has 0 amide bonds. The van der Waals surface area contributed by atoms with E-state index in [1.54, 1.807) is 11.8 Å². The van der Waals surface area contributed by atoms with Crippen molar-refractivity contribution in [3.63, 3.8) is 0 Å². The Morgan fingerprint density at radius 3 is 2.28 bits per heavy atom. The van der Waals surface area contributed by atoms with Gasteiger partial charge in [-0.25, -0.2) is 0 Å². The van der Waals surface area contributed by atoms with Gasteiger partial charge < -0.3 is 5.73 Å². The Balaban J connectivity index is 2.28. The molecule has 0 bridgehead atoms. The summed E-state index contributed by atoms with van der Waals surface area (Å²) in [6.07, 6.45) is 0. The number of hydrogen-bond donors (Lipinski definition) is 1. The summed E-state index contributed by atoms with van der Waals surface area (Å²) in [4.78, 5) is 1.98. The van der Waals surface area contributed by atoms with Crippen LogP contribution in [0.4, 0.5) is 0 Å². The standard InChI is InChI=1S/C14H13Cl2NS/c1-9(17)10-6-7-14(12(16)8-10)18-13-5-3-2-4-11(13)15/h2-9H,17H2,1H3. The molecule has 0 aromatic heterocycles. The molecule has 0 saturated carbocycles. The molecule has 1 atom stereocenters. The highest BCUT2D eigenvalue weighted by atomic mass is 35.5. The maximum absolute atomic E-state index is 6.26. The van der Waals surface area contributed by atoms with E-state index in [0.717, 1.165) is 20.4 Å².